The Morgan fingerprint density at radius 2 is 1.77 bits per heavy atom. The molecule has 2 aromatic rings. The first kappa shape index (κ1) is 20.1. The molecular weight excluding hydrogens is 374 g/mol. The van der Waals surface area contributed by atoms with Gasteiger partial charge in [0, 0.05) is 30.3 Å². The van der Waals surface area contributed by atoms with E-state index < -0.39 is 10.0 Å². The zero-order chi connectivity index (χ0) is 19.2. The molecular formula is C17H21N3O4S2. The molecule has 0 aliphatic heterocycles. The molecule has 0 fully saturated rings. The van der Waals surface area contributed by atoms with Crippen molar-refractivity contribution in [1.29, 1.82) is 0 Å². The Kier molecular flexibility index (Phi) is 6.90. The van der Waals surface area contributed by atoms with Crippen LogP contribution in [0.3, 0.4) is 0 Å². The van der Waals surface area contributed by atoms with Crippen molar-refractivity contribution in [3.8, 4) is 0 Å². The lowest BCUT2D eigenvalue weighted by Crippen LogP contribution is -2.34. The van der Waals surface area contributed by atoms with Crippen LogP contribution in [-0.4, -0.2) is 33.3 Å². The molecule has 0 radical (unpaired) electrons. The number of hydrogen-bond donors (Lipinski definition) is 3. The van der Waals surface area contributed by atoms with Gasteiger partial charge in [0.1, 0.15) is 4.21 Å². The second-order valence-electron chi connectivity index (χ2n) is 5.81. The van der Waals surface area contributed by atoms with Crippen LogP contribution < -0.4 is 15.4 Å². The van der Waals surface area contributed by atoms with Crippen LogP contribution in [0.2, 0.25) is 0 Å². The summed E-state index contributed by atoms with van der Waals surface area (Å²) in [5.74, 6) is -0.543. The van der Waals surface area contributed by atoms with E-state index in [2.05, 4.69) is 15.4 Å². The quantitative estimate of drug-likeness (QED) is 0.595. The summed E-state index contributed by atoms with van der Waals surface area (Å²) >= 11 is 1.13. The zero-order valence-corrected chi connectivity index (χ0v) is 16.1. The number of nitrogens with one attached hydrogen (secondary N) is 3. The van der Waals surface area contributed by atoms with Crippen molar-refractivity contribution < 1.29 is 18.0 Å². The Morgan fingerprint density at radius 1 is 1.08 bits per heavy atom. The van der Waals surface area contributed by atoms with Gasteiger partial charge in [-0.1, -0.05) is 19.9 Å². The summed E-state index contributed by atoms with van der Waals surface area (Å²) in [6, 6.07) is 9.67. The van der Waals surface area contributed by atoms with E-state index in [4.69, 9.17) is 0 Å². The molecule has 0 spiro atoms. The number of thiophene rings is 1. The second-order valence-corrected chi connectivity index (χ2v) is 8.75. The van der Waals surface area contributed by atoms with Crippen molar-refractivity contribution in [3.63, 3.8) is 0 Å². The fourth-order valence-electron chi connectivity index (χ4n) is 1.94. The lowest BCUT2D eigenvalue weighted by molar-refractivity contribution is -0.118. The molecule has 1 aromatic carbocycles. The van der Waals surface area contributed by atoms with Crippen molar-refractivity contribution in [1.82, 2.24) is 10.0 Å². The van der Waals surface area contributed by atoms with Gasteiger partial charge in [-0.3, -0.25) is 9.59 Å². The molecule has 1 heterocycles. The molecule has 0 aliphatic rings. The number of carbonyl (C=O) groups is 2. The molecule has 0 aliphatic carbocycles. The van der Waals surface area contributed by atoms with Gasteiger partial charge in [-0.15, -0.1) is 11.3 Å². The standard InChI is InChI=1S/C17H21N3O4S2/c1-12(2)16(21)20-14-7-5-13(6-8-14)17(22)18-9-10-19-26(23,24)15-4-3-11-25-15/h3-8,11-12,19H,9-10H2,1-2H3,(H,18,22)(H,20,21). The topological polar surface area (TPSA) is 104 Å². The van der Waals surface area contributed by atoms with Crippen LogP contribution in [0.15, 0.2) is 46.0 Å². The van der Waals surface area contributed by atoms with Gasteiger partial charge in [0.25, 0.3) is 5.91 Å². The van der Waals surface area contributed by atoms with Gasteiger partial charge in [0.2, 0.25) is 15.9 Å². The van der Waals surface area contributed by atoms with Gasteiger partial charge in [-0.2, -0.15) is 0 Å². The smallest absolute Gasteiger partial charge is 0.251 e. The summed E-state index contributed by atoms with van der Waals surface area (Å²) < 4.78 is 26.5. The molecule has 140 valence electrons. The van der Waals surface area contributed by atoms with Crippen LogP contribution in [0, 0.1) is 5.92 Å². The average molecular weight is 396 g/mol. The Bertz CT molecular complexity index is 845. The van der Waals surface area contributed by atoms with Crippen molar-refractivity contribution >= 4 is 38.9 Å². The predicted octanol–water partition coefficient (Wildman–Crippen LogP) is 2.05. The van der Waals surface area contributed by atoms with Gasteiger partial charge >= 0.3 is 0 Å². The Morgan fingerprint density at radius 3 is 2.35 bits per heavy atom. The Hall–Kier alpha value is -2.23. The predicted molar refractivity (Wildman–Crippen MR) is 102 cm³/mol. The largest absolute Gasteiger partial charge is 0.351 e. The molecule has 0 saturated carbocycles. The highest BCUT2D eigenvalue weighted by Gasteiger charge is 2.14. The number of benzene rings is 1. The van der Waals surface area contributed by atoms with E-state index in [1.807, 2.05) is 0 Å². The third kappa shape index (κ3) is 5.65. The van der Waals surface area contributed by atoms with E-state index in [0.29, 0.717) is 11.3 Å². The second kappa shape index (κ2) is 8.93. The molecule has 1 aromatic heterocycles. The average Bonchev–Trinajstić information content (AvgIpc) is 3.14. The number of hydrogen-bond acceptors (Lipinski definition) is 5. The highest BCUT2D eigenvalue weighted by Crippen LogP contribution is 2.15. The van der Waals surface area contributed by atoms with Crippen LogP contribution in [-0.2, 0) is 14.8 Å². The summed E-state index contributed by atoms with van der Waals surface area (Å²) in [5.41, 5.74) is 1.04. The van der Waals surface area contributed by atoms with Crippen molar-refractivity contribution in [2.45, 2.75) is 18.1 Å². The Labute approximate surface area is 156 Å². The van der Waals surface area contributed by atoms with Gasteiger partial charge < -0.3 is 10.6 Å². The van der Waals surface area contributed by atoms with E-state index in [0.717, 1.165) is 11.3 Å². The first-order chi connectivity index (χ1) is 12.3. The first-order valence-corrected chi connectivity index (χ1v) is 10.4. The molecule has 9 heteroatoms. The maximum atomic E-state index is 12.1. The van der Waals surface area contributed by atoms with Crippen LogP contribution in [0.25, 0.3) is 0 Å². The minimum absolute atomic E-state index is 0.0918. The summed E-state index contributed by atoms with van der Waals surface area (Å²) in [4.78, 5) is 23.7. The molecule has 3 N–H and O–H groups in total. The molecule has 2 amide bonds. The van der Waals surface area contributed by atoms with Crippen LogP contribution in [0.1, 0.15) is 24.2 Å². The molecule has 0 saturated heterocycles. The van der Waals surface area contributed by atoms with Crippen molar-refractivity contribution in [2.75, 3.05) is 18.4 Å². The summed E-state index contributed by atoms with van der Waals surface area (Å²) in [6.45, 7) is 3.84. The zero-order valence-electron chi connectivity index (χ0n) is 14.5. The highest BCUT2D eigenvalue weighted by atomic mass is 32.2. The third-order valence-electron chi connectivity index (χ3n) is 3.40. The number of amides is 2. The fourth-order valence-corrected chi connectivity index (χ4v) is 4.01. The Balaban J connectivity index is 1.80. The number of carbonyl (C=O) groups excluding carboxylic acids is 2. The molecule has 7 nitrogen and oxygen atoms in total. The molecule has 26 heavy (non-hydrogen) atoms. The van der Waals surface area contributed by atoms with E-state index in [1.165, 1.54) is 6.07 Å². The maximum Gasteiger partial charge on any atom is 0.251 e. The van der Waals surface area contributed by atoms with E-state index in [-0.39, 0.29) is 35.0 Å². The lowest BCUT2D eigenvalue weighted by atomic mass is 10.1. The maximum absolute atomic E-state index is 12.1. The monoisotopic (exact) mass is 395 g/mol. The van der Waals surface area contributed by atoms with Crippen LogP contribution >= 0.6 is 11.3 Å². The summed E-state index contributed by atoms with van der Waals surface area (Å²) in [7, 11) is -3.53. The van der Waals surface area contributed by atoms with E-state index in [1.54, 1.807) is 49.6 Å². The molecule has 0 unspecified atom stereocenters. The van der Waals surface area contributed by atoms with Gasteiger partial charge in [-0.25, -0.2) is 13.1 Å². The summed E-state index contributed by atoms with van der Waals surface area (Å²) in [5, 5.41) is 7.07. The van der Waals surface area contributed by atoms with Gasteiger partial charge in [-0.05, 0) is 35.7 Å². The normalized spacial score (nSPS) is 11.3. The minimum atomic E-state index is -3.53. The van der Waals surface area contributed by atoms with E-state index >= 15 is 0 Å². The fraction of sp³-hybridized carbons (Fsp3) is 0.294. The number of sulfonamides is 1. The van der Waals surface area contributed by atoms with Crippen LogP contribution in [0.5, 0.6) is 0 Å². The number of rotatable bonds is 8. The minimum Gasteiger partial charge on any atom is -0.351 e. The van der Waals surface area contributed by atoms with Crippen molar-refractivity contribution in [2.24, 2.45) is 5.92 Å². The van der Waals surface area contributed by atoms with Gasteiger partial charge in [0.15, 0.2) is 0 Å². The first-order valence-electron chi connectivity index (χ1n) is 8.02. The molecule has 0 bridgehead atoms. The summed E-state index contributed by atoms with van der Waals surface area (Å²) in [6.07, 6.45) is 0. The molecule has 0 atom stereocenters. The SMILES string of the molecule is CC(C)C(=O)Nc1ccc(C(=O)NCCNS(=O)(=O)c2cccs2)cc1. The van der Waals surface area contributed by atoms with Crippen molar-refractivity contribution in [3.05, 3.63) is 47.3 Å². The lowest BCUT2D eigenvalue weighted by Gasteiger charge is -2.09. The van der Waals surface area contributed by atoms with Crippen LogP contribution in [0.4, 0.5) is 5.69 Å². The highest BCUT2D eigenvalue weighted by molar-refractivity contribution is 7.91. The molecule has 2 rings (SSSR count). The van der Waals surface area contributed by atoms with E-state index in [9.17, 15) is 18.0 Å². The van der Waals surface area contributed by atoms with Gasteiger partial charge in [0.05, 0.1) is 0 Å². The third-order valence-corrected chi connectivity index (χ3v) is 6.26. The number of anilines is 1.